The van der Waals surface area contributed by atoms with Gasteiger partial charge in [-0.25, -0.2) is 0 Å². The van der Waals surface area contributed by atoms with E-state index in [4.69, 9.17) is 4.74 Å². The lowest BCUT2D eigenvalue weighted by Crippen LogP contribution is -2.44. The minimum absolute atomic E-state index is 0.152. The van der Waals surface area contributed by atoms with Gasteiger partial charge in [0.25, 0.3) is 0 Å². The Hall–Kier alpha value is -1.50. The second-order valence-corrected chi connectivity index (χ2v) is 7.61. The lowest BCUT2D eigenvalue weighted by Gasteiger charge is -2.34. The molecule has 6 heteroatoms. The van der Waals surface area contributed by atoms with Crippen LogP contribution in [-0.2, 0) is 9.53 Å². The summed E-state index contributed by atoms with van der Waals surface area (Å²) < 4.78 is 5.49. The normalized spacial score (nSPS) is 21.2. The predicted molar refractivity (Wildman–Crippen MR) is 107 cm³/mol. The second-order valence-electron chi connectivity index (χ2n) is 7.61. The van der Waals surface area contributed by atoms with E-state index in [9.17, 15) is 4.79 Å². The maximum absolute atomic E-state index is 12.5. The standard InChI is InChI=1S/C21H34N4O2/c26-21(8-12-24-10-4-2-1-3-5-11-24)23-18-20(19-7-6-9-22-17-19)25-13-15-27-16-14-25/h6-7,9,17,20H,1-5,8,10-16,18H2,(H,23,26). The van der Waals surface area contributed by atoms with Crippen LogP contribution in [0.2, 0.25) is 0 Å². The third-order valence-electron chi connectivity index (χ3n) is 5.65. The molecule has 1 aromatic rings. The van der Waals surface area contributed by atoms with E-state index in [2.05, 4.69) is 26.2 Å². The third kappa shape index (κ3) is 6.87. The molecule has 0 aromatic carbocycles. The van der Waals surface area contributed by atoms with Crippen molar-refractivity contribution >= 4 is 5.91 Å². The maximum Gasteiger partial charge on any atom is 0.221 e. The minimum atomic E-state index is 0.152. The first-order valence-corrected chi connectivity index (χ1v) is 10.5. The van der Waals surface area contributed by atoms with E-state index in [1.165, 1.54) is 32.1 Å². The molecule has 3 rings (SSSR count). The van der Waals surface area contributed by atoms with Gasteiger partial charge in [0.1, 0.15) is 0 Å². The number of morpholine rings is 1. The topological polar surface area (TPSA) is 57.7 Å². The van der Waals surface area contributed by atoms with Gasteiger partial charge in [0.05, 0.1) is 19.3 Å². The Morgan fingerprint density at radius 1 is 1.11 bits per heavy atom. The molecule has 1 amide bonds. The molecule has 2 fully saturated rings. The van der Waals surface area contributed by atoms with E-state index in [1.807, 2.05) is 12.3 Å². The molecule has 6 nitrogen and oxygen atoms in total. The SMILES string of the molecule is O=C(CCN1CCCCCCC1)NCC(c1cccnc1)N1CCOCC1. The number of nitrogens with one attached hydrogen (secondary N) is 1. The number of carbonyl (C=O) groups excluding carboxylic acids is 1. The van der Waals surface area contributed by atoms with E-state index in [1.54, 1.807) is 6.20 Å². The Morgan fingerprint density at radius 2 is 1.85 bits per heavy atom. The number of carbonyl (C=O) groups is 1. The monoisotopic (exact) mass is 374 g/mol. The van der Waals surface area contributed by atoms with Crippen LogP contribution in [0.3, 0.4) is 0 Å². The summed E-state index contributed by atoms with van der Waals surface area (Å²) in [5, 5.41) is 3.17. The smallest absolute Gasteiger partial charge is 0.221 e. The molecule has 2 aliphatic heterocycles. The van der Waals surface area contributed by atoms with Crippen molar-refractivity contribution in [1.29, 1.82) is 0 Å². The minimum Gasteiger partial charge on any atom is -0.379 e. The lowest BCUT2D eigenvalue weighted by molar-refractivity contribution is -0.121. The van der Waals surface area contributed by atoms with Gasteiger partial charge in [-0.3, -0.25) is 14.7 Å². The predicted octanol–water partition coefficient (Wildman–Crippen LogP) is 2.23. The summed E-state index contributed by atoms with van der Waals surface area (Å²) in [6, 6.07) is 4.22. The molecule has 0 saturated carbocycles. The first-order valence-electron chi connectivity index (χ1n) is 10.5. The largest absolute Gasteiger partial charge is 0.379 e. The number of hydrogen-bond donors (Lipinski definition) is 1. The highest BCUT2D eigenvalue weighted by atomic mass is 16.5. The molecule has 0 bridgehead atoms. The molecule has 2 saturated heterocycles. The first kappa shape index (κ1) is 20.2. The van der Waals surface area contributed by atoms with Crippen molar-refractivity contribution in [3.63, 3.8) is 0 Å². The molecule has 1 unspecified atom stereocenters. The molecule has 1 aromatic heterocycles. The number of pyridine rings is 1. The average Bonchev–Trinajstić information content (AvgIpc) is 2.69. The van der Waals surface area contributed by atoms with E-state index in [0.717, 1.165) is 51.5 Å². The summed E-state index contributed by atoms with van der Waals surface area (Å²) in [5.41, 5.74) is 1.16. The zero-order valence-electron chi connectivity index (χ0n) is 16.4. The van der Waals surface area contributed by atoms with Crippen LogP contribution in [0.1, 0.15) is 50.1 Å². The van der Waals surface area contributed by atoms with Crippen LogP contribution in [0.5, 0.6) is 0 Å². The highest BCUT2D eigenvalue weighted by molar-refractivity contribution is 5.76. The van der Waals surface area contributed by atoms with Gasteiger partial charge in [0, 0.05) is 45.0 Å². The van der Waals surface area contributed by atoms with Crippen molar-refractivity contribution in [3.05, 3.63) is 30.1 Å². The molecule has 0 spiro atoms. The number of amides is 1. The van der Waals surface area contributed by atoms with Crippen molar-refractivity contribution in [3.8, 4) is 0 Å². The Kier molecular flexibility index (Phi) is 8.52. The Balaban J connectivity index is 1.48. The molecular weight excluding hydrogens is 340 g/mol. The Morgan fingerprint density at radius 3 is 2.56 bits per heavy atom. The Bertz CT molecular complexity index is 540. The van der Waals surface area contributed by atoms with Gasteiger partial charge in [-0.15, -0.1) is 0 Å². The molecule has 1 N–H and O–H groups in total. The third-order valence-corrected chi connectivity index (χ3v) is 5.65. The van der Waals surface area contributed by atoms with E-state index in [-0.39, 0.29) is 11.9 Å². The highest BCUT2D eigenvalue weighted by Crippen LogP contribution is 2.20. The van der Waals surface area contributed by atoms with E-state index < -0.39 is 0 Å². The summed E-state index contributed by atoms with van der Waals surface area (Å²) >= 11 is 0. The zero-order chi connectivity index (χ0) is 18.7. The molecule has 2 aliphatic rings. The van der Waals surface area contributed by atoms with Crippen LogP contribution < -0.4 is 5.32 Å². The number of aromatic nitrogens is 1. The van der Waals surface area contributed by atoms with Gasteiger partial charge in [-0.05, 0) is 37.6 Å². The number of hydrogen-bond acceptors (Lipinski definition) is 5. The zero-order valence-corrected chi connectivity index (χ0v) is 16.4. The second kappa shape index (κ2) is 11.4. The summed E-state index contributed by atoms with van der Waals surface area (Å²) in [5.74, 6) is 0.152. The van der Waals surface area contributed by atoms with Crippen molar-refractivity contribution in [2.45, 2.75) is 44.6 Å². The van der Waals surface area contributed by atoms with Gasteiger partial charge < -0.3 is 15.0 Å². The van der Waals surface area contributed by atoms with Gasteiger partial charge in [-0.1, -0.05) is 25.3 Å². The van der Waals surface area contributed by atoms with E-state index >= 15 is 0 Å². The van der Waals surface area contributed by atoms with Crippen molar-refractivity contribution < 1.29 is 9.53 Å². The van der Waals surface area contributed by atoms with Crippen LogP contribution in [-0.4, -0.2) is 73.2 Å². The van der Waals surface area contributed by atoms with Gasteiger partial charge in [0.2, 0.25) is 5.91 Å². The van der Waals surface area contributed by atoms with Crippen LogP contribution in [0, 0.1) is 0 Å². The van der Waals surface area contributed by atoms with Gasteiger partial charge in [0.15, 0.2) is 0 Å². The van der Waals surface area contributed by atoms with Gasteiger partial charge in [-0.2, -0.15) is 0 Å². The van der Waals surface area contributed by atoms with Gasteiger partial charge >= 0.3 is 0 Å². The Labute approximate surface area is 163 Å². The fraction of sp³-hybridized carbons (Fsp3) is 0.714. The van der Waals surface area contributed by atoms with Crippen LogP contribution >= 0.6 is 0 Å². The number of likely N-dealkylation sites (tertiary alicyclic amines) is 1. The molecule has 1 atom stereocenters. The average molecular weight is 375 g/mol. The molecule has 27 heavy (non-hydrogen) atoms. The molecule has 3 heterocycles. The first-order chi connectivity index (χ1) is 13.3. The van der Waals surface area contributed by atoms with Crippen molar-refractivity contribution in [1.82, 2.24) is 20.1 Å². The summed E-state index contributed by atoms with van der Waals surface area (Å²) in [6.45, 7) is 7.07. The van der Waals surface area contributed by atoms with Crippen LogP contribution in [0.15, 0.2) is 24.5 Å². The highest BCUT2D eigenvalue weighted by Gasteiger charge is 2.23. The quantitative estimate of drug-likeness (QED) is 0.793. The molecule has 0 aliphatic carbocycles. The number of ether oxygens (including phenoxy) is 1. The van der Waals surface area contributed by atoms with Crippen molar-refractivity contribution in [2.24, 2.45) is 0 Å². The summed E-state index contributed by atoms with van der Waals surface area (Å²) in [7, 11) is 0. The van der Waals surface area contributed by atoms with Crippen LogP contribution in [0.25, 0.3) is 0 Å². The molecular formula is C21H34N4O2. The summed E-state index contributed by atoms with van der Waals surface area (Å²) in [4.78, 5) is 21.6. The fourth-order valence-corrected chi connectivity index (χ4v) is 4.02. The maximum atomic E-state index is 12.5. The summed E-state index contributed by atoms with van der Waals surface area (Å²) in [6.07, 6.45) is 10.8. The lowest BCUT2D eigenvalue weighted by atomic mass is 10.1. The van der Waals surface area contributed by atoms with Crippen molar-refractivity contribution in [2.75, 3.05) is 52.5 Å². The van der Waals surface area contributed by atoms with E-state index in [0.29, 0.717) is 13.0 Å². The van der Waals surface area contributed by atoms with Crippen LogP contribution in [0.4, 0.5) is 0 Å². The molecule has 150 valence electrons. The number of nitrogens with zero attached hydrogens (tertiary/aromatic N) is 3. The molecule has 0 radical (unpaired) electrons. The number of rotatable bonds is 7. The fourth-order valence-electron chi connectivity index (χ4n) is 4.02.